The lowest BCUT2D eigenvalue weighted by atomic mass is 10.0. The minimum absolute atomic E-state index is 0.875. The van der Waals surface area contributed by atoms with Crippen LogP contribution in [0.3, 0.4) is 0 Å². The maximum Gasteiger partial charge on any atom is 0.00595 e. The Hall–Kier alpha value is 0.220. The fourth-order valence-electron chi connectivity index (χ4n) is 0.941. The summed E-state index contributed by atoms with van der Waals surface area (Å²) < 4.78 is 0. The average molecular weight is 205 g/mol. The highest BCUT2D eigenvalue weighted by Crippen LogP contribution is 2.14. The zero-order chi connectivity index (χ0) is 7.82. The third kappa shape index (κ3) is 5.04. The second-order valence-electron chi connectivity index (χ2n) is 2.65. The number of alkyl halides is 1. The van der Waals surface area contributed by atoms with E-state index in [9.17, 15) is 0 Å². The Morgan fingerprint density at radius 2 is 2.30 bits per heavy atom. The summed E-state index contributed by atoms with van der Waals surface area (Å²) in [6.45, 7) is 5.95. The smallest absolute Gasteiger partial charge is 0.00595 e. The molecule has 0 nitrogen and oxygen atoms in total. The third-order valence-electron chi connectivity index (χ3n) is 1.82. The largest absolute Gasteiger partial charge is 0.103 e. The monoisotopic (exact) mass is 204 g/mol. The highest BCUT2D eigenvalue weighted by atomic mass is 79.9. The Kier molecular flexibility index (Phi) is 7.49. The standard InChI is InChI=1S/C9H17Br/c1-3-5-6-7-9(4-2)8-10/h3,9H,1,4-8H2,2H3. The second-order valence-corrected chi connectivity index (χ2v) is 3.30. The van der Waals surface area contributed by atoms with Gasteiger partial charge >= 0.3 is 0 Å². The molecule has 0 saturated heterocycles. The van der Waals surface area contributed by atoms with Crippen LogP contribution >= 0.6 is 15.9 Å². The van der Waals surface area contributed by atoms with Gasteiger partial charge in [0.15, 0.2) is 0 Å². The molecule has 0 aliphatic heterocycles. The molecule has 0 heterocycles. The molecule has 60 valence electrons. The normalized spacial score (nSPS) is 13.0. The third-order valence-corrected chi connectivity index (χ3v) is 2.73. The number of allylic oxidation sites excluding steroid dienone is 1. The minimum atomic E-state index is 0.875. The predicted octanol–water partition coefficient (Wildman–Crippen LogP) is 3.76. The van der Waals surface area contributed by atoms with E-state index in [1.54, 1.807) is 0 Å². The lowest BCUT2D eigenvalue weighted by Crippen LogP contribution is -1.98. The lowest BCUT2D eigenvalue weighted by molar-refractivity contribution is 0.509. The Balaban J connectivity index is 3.16. The summed E-state index contributed by atoms with van der Waals surface area (Å²) in [7, 11) is 0. The molecular formula is C9H17Br. The van der Waals surface area contributed by atoms with E-state index in [0.29, 0.717) is 0 Å². The van der Waals surface area contributed by atoms with Crippen molar-refractivity contribution in [2.45, 2.75) is 32.6 Å². The van der Waals surface area contributed by atoms with E-state index in [4.69, 9.17) is 0 Å². The minimum Gasteiger partial charge on any atom is -0.103 e. The molecule has 1 atom stereocenters. The van der Waals surface area contributed by atoms with E-state index in [2.05, 4.69) is 29.4 Å². The lowest BCUT2D eigenvalue weighted by Gasteiger charge is -2.08. The summed E-state index contributed by atoms with van der Waals surface area (Å²) >= 11 is 3.50. The van der Waals surface area contributed by atoms with Crippen LogP contribution in [0.1, 0.15) is 32.6 Å². The van der Waals surface area contributed by atoms with Crippen LogP contribution in [0, 0.1) is 5.92 Å². The first kappa shape index (κ1) is 10.2. The first-order valence-corrected chi connectivity index (χ1v) is 5.14. The van der Waals surface area contributed by atoms with Crippen LogP contribution < -0.4 is 0 Å². The Morgan fingerprint density at radius 1 is 1.60 bits per heavy atom. The highest BCUT2D eigenvalue weighted by Gasteiger charge is 2.01. The molecular weight excluding hydrogens is 188 g/mol. The van der Waals surface area contributed by atoms with E-state index in [0.717, 1.165) is 11.2 Å². The van der Waals surface area contributed by atoms with Gasteiger partial charge in [-0.3, -0.25) is 0 Å². The van der Waals surface area contributed by atoms with Crippen molar-refractivity contribution >= 4 is 15.9 Å². The van der Waals surface area contributed by atoms with Gasteiger partial charge in [0.1, 0.15) is 0 Å². The van der Waals surface area contributed by atoms with Crippen LogP contribution in [0.2, 0.25) is 0 Å². The topological polar surface area (TPSA) is 0 Å². The van der Waals surface area contributed by atoms with Gasteiger partial charge in [0.2, 0.25) is 0 Å². The van der Waals surface area contributed by atoms with Crippen molar-refractivity contribution in [1.29, 1.82) is 0 Å². The molecule has 0 rings (SSSR count). The first-order chi connectivity index (χ1) is 4.85. The summed E-state index contributed by atoms with van der Waals surface area (Å²) in [5.41, 5.74) is 0. The maximum atomic E-state index is 3.70. The zero-order valence-electron chi connectivity index (χ0n) is 6.78. The van der Waals surface area contributed by atoms with Crippen LogP contribution in [0.15, 0.2) is 12.7 Å². The Labute approximate surface area is 72.8 Å². The molecule has 0 saturated carbocycles. The maximum absolute atomic E-state index is 3.70. The molecule has 0 radical (unpaired) electrons. The van der Waals surface area contributed by atoms with E-state index in [-0.39, 0.29) is 0 Å². The fourth-order valence-corrected chi connectivity index (χ4v) is 1.72. The van der Waals surface area contributed by atoms with Crippen LogP contribution in [0.25, 0.3) is 0 Å². The SMILES string of the molecule is C=CCCCC(CC)CBr. The molecule has 0 aromatic rings. The number of hydrogen-bond donors (Lipinski definition) is 0. The Bertz CT molecular complexity index is 74.8. The van der Waals surface area contributed by atoms with E-state index in [1.807, 2.05) is 6.08 Å². The molecule has 0 bridgehead atoms. The predicted molar refractivity (Wildman–Crippen MR) is 51.6 cm³/mol. The van der Waals surface area contributed by atoms with Crippen molar-refractivity contribution < 1.29 is 0 Å². The molecule has 0 aromatic carbocycles. The van der Waals surface area contributed by atoms with Gasteiger partial charge in [-0.15, -0.1) is 6.58 Å². The number of hydrogen-bond acceptors (Lipinski definition) is 0. The highest BCUT2D eigenvalue weighted by molar-refractivity contribution is 9.09. The molecule has 0 N–H and O–H groups in total. The van der Waals surface area contributed by atoms with Gasteiger partial charge in [-0.2, -0.15) is 0 Å². The molecule has 1 unspecified atom stereocenters. The molecule has 1 heteroatoms. The zero-order valence-corrected chi connectivity index (χ0v) is 8.36. The molecule has 0 aliphatic carbocycles. The van der Waals surface area contributed by atoms with Gasteiger partial charge in [-0.25, -0.2) is 0 Å². The summed E-state index contributed by atoms with van der Waals surface area (Å²) in [5.74, 6) is 0.875. The van der Waals surface area contributed by atoms with Gasteiger partial charge in [0, 0.05) is 5.33 Å². The fraction of sp³-hybridized carbons (Fsp3) is 0.778. The summed E-state index contributed by atoms with van der Waals surface area (Å²) in [6, 6.07) is 0. The summed E-state index contributed by atoms with van der Waals surface area (Å²) in [5, 5.41) is 1.15. The summed E-state index contributed by atoms with van der Waals surface area (Å²) in [4.78, 5) is 0. The van der Waals surface area contributed by atoms with Crippen LogP contribution in [0.5, 0.6) is 0 Å². The van der Waals surface area contributed by atoms with Crippen molar-refractivity contribution in [2.75, 3.05) is 5.33 Å². The van der Waals surface area contributed by atoms with Crippen molar-refractivity contribution in [2.24, 2.45) is 5.92 Å². The second kappa shape index (κ2) is 7.33. The molecule has 0 spiro atoms. The average Bonchev–Trinajstić information content (AvgIpc) is 1.99. The molecule has 0 aromatic heterocycles. The van der Waals surface area contributed by atoms with Crippen molar-refractivity contribution in [3.63, 3.8) is 0 Å². The van der Waals surface area contributed by atoms with Crippen molar-refractivity contribution in [3.8, 4) is 0 Å². The van der Waals surface area contributed by atoms with Gasteiger partial charge in [-0.1, -0.05) is 35.4 Å². The van der Waals surface area contributed by atoms with Crippen LogP contribution in [-0.4, -0.2) is 5.33 Å². The van der Waals surface area contributed by atoms with Crippen LogP contribution in [-0.2, 0) is 0 Å². The molecule has 0 fully saturated rings. The molecule has 0 aliphatic rings. The number of rotatable bonds is 6. The van der Waals surface area contributed by atoms with E-state index in [1.165, 1.54) is 25.7 Å². The van der Waals surface area contributed by atoms with Crippen molar-refractivity contribution in [1.82, 2.24) is 0 Å². The van der Waals surface area contributed by atoms with Crippen LogP contribution in [0.4, 0.5) is 0 Å². The summed E-state index contributed by atoms with van der Waals surface area (Å²) in [6.07, 6.45) is 7.11. The van der Waals surface area contributed by atoms with Gasteiger partial charge < -0.3 is 0 Å². The number of unbranched alkanes of at least 4 members (excludes halogenated alkanes) is 1. The van der Waals surface area contributed by atoms with Crippen molar-refractivity contribution in [3.05, 3.63) is 12.7 Å². The quantitative estimate of drug-likeness (QED) is 0.352. The first-order valence-electron chi connectivity index (χ1n) is 4.02. The molecule has 0 amide bonds. The van der Waals surface area contributed by atoms with Gasteiger partial charge in [-0.05, 0) is 25.2 Å². The Morgan fingerprint density at radius 3 is 2.70 bits per heavy atom. The number of halogens is 1. The van der Waals surface area contributed by atoms with Gasteiger partial charge in [0.25, 0.3) is 0 Å². The molecule has 10 heavy (non-hydrogen) atoms. The van der Waals surface area contributed by atoms with E-state index >= 15 is 0 Å². The van der Waals surface area contributed by atoms with E-state index < -0.39 is 0 Å². The van der Waals surface area contributed by atoms with Gasteiger partial charge in [0.05, 0.1) is 0 Å².